The predicted octanol–water partition coefficient (Wildman–Crippen LogP) is 4.45. The van der Waals surface area contributed by atoms with Gasteiger partial charge in [-0.3, -0.25) is 0 Å². The number of halogens is 1. The van der Waals surface area contributed by atoms with Crippen molar-refractivity contribution in [2.24, 2.45) is 5.41 Å². The molecule has 0 heterocycles. The second-order valence-electron chi connectivity index (χ2n) is 5.55. The molecular formula is C15H23BrO2. The second kappa shape index (κ2) is 6.46. The molecule has 0 spiro atoms. The van der Waals surface area contributed by atoms with Crippen LogP contribution in [0.4, 0.5) is 0 Å². The molecular weight excluding hydrogens is 292 g/mol. The van der Waals surface area contributed by atoms with Gasteiger partial charge in [0.15, 0.2) is 0 Å². The van der Waals surface area contributed by atoms with E-state index < -0.39 is 0 Å². The number of methoxy groups -OCH3 is 2. The zero-order valence-electron chi connectivity index (χ0n) is 11.9. The molecule has 18 heavy (non-hydrogen) atoms. The van der Waals surface area contributed by atoms with Gasteiger partial charge in [0.1, 0.15) is 11.5 Å². The highest BCUT2D eigenvalue weighted by molar-refractivity contribution is 9.09. The largest absolute Gasteiger partial charge is 0.497 e. The van der Waals surface area contributed by atoms with Crippen LogP contribution in [-0.4, -0.2) is 19.0 Å². The Hall–Kier alpha value is -0.700. The van der Waals surface area contributed by atoms with E-state index in [4.69, 9.17) is 9.47 Å². The molecule has 1 aromatic carbocycles. The molecule has 0 fully saturated rings. The maximum absolute atomic E-state index is 5.41. The topological polar surface area (TPSA) is 18.5 Å². The van der Waals surface area contributed by atoms with Crippen LogP contribution in [0.1, 0.15) is 32.8 Å². The van der Waals surface area contributed by atoms with Crippen LogP contribution in [0.25, 0.3) is 0 Å². The highest BCUT2D eigenvalue weighted by atomic mass is 79.9. The fraction of sp³-hybridized carbons (Fsp3) is 0.600. The lowest BCUT2D eigenvalue weighted by Crippen LogP contribution is -2.20. The summed E-state index contributed by atoms with van der Waals surface area (Å²) < 4.78 is 10.6. The first kappa shape index (κ1) is 15.4. The number of rotatable bonds is 5. The van der Waals surface area contributed by atoms with Crippen molar-refractivity contribution in [2.45, 2.75) is 38.4 Å². The lowest BCUT2D eigenvalue weighted by Gasteiger charge is -2.25. The monoisotopic (exact) mass is 314 g/mol. The lowest BCUT2D eigenvalue weighted by molar-refractivity contribution is 0.377. The van der Waals surface area contributed by atoms with Crippen molar-refractivity contribution in [1.29, 1.82) is 0 Å². The summed E-state index contributed by atoms with van der Waals surface area (Å²) in [7, 11) is 3.37. The van der Waals surface area contributed by atoms with Gasteiger partial charge in [0.25, 0.3) is 0 Å². The molecule has 3 heteroatoms. The van der Waals surface area contributed by atoms with E-state index in [0.29, 0.717) is 4.83 Å². The first-order valence-corrected chi connectivity index (χ1v) is 7.15. The van der Waals surface area contributed by atoms with E-state index in [1.165, 1.54) is 5.56 Å². The molecule has 1 unspecified atom stereocenters. The molecule has 0 aliphatic heterocycles. The van der Waals surface area contributed by atoms with Gasteiger partial charge < -0.3 is 9.47 Å². The van der Waals surface area contributed by atoms with E-state index in [0.717, 1.165) is 24.3 Å². The third kappa shape index (κ3) is 4.20. The van der Waals surface area contributed by atoms with Gasteiger partial charge in [0.2, 0.25) is 0 Å². The molecule has 0 radical (unpaired) electrons. The van der Waals surface area contributed by atoms with Gasteiger partial charge in [-0.05, 0) is 29.9 Å². The fourth-order valence-corrected chi connectivity index (χ4v) is 2.00. The molecule has 1 atom stereocenters. The Kier molecular flexibility index (Phi) is 5.51. The normalized spacial score (nSPS) is 13.2. The van der Waals surface area contributed by atoms with E-state index in [-0.39, 0.29) is 5.41 Å². The molecule has 102 valence electrons. The number of hydrogen-bond acceptors (Lipinski definition) is 2. The summed E-state index contributed by atoms with van der Waals surface area (Å²) in [5.41, 5.74) is 1.51. The lowest BCUT2D eigenvalue weighted by atomic mass is 9.88. The maximum Gasteiger partial charge on any atom is 0.125 e. The van der Waals surface area contributed by atoms with Crippen LogP contribution in [0.3, 0.4) is 0 Å². The van der Waals surface area contributed by atoms with Gasteiger partial charge in [-0.2, -0.15) is 0 Å². The summed E-state index contributed by atoms with van der Waals surface area (Å²) in [6.45, 7) is 6.74. The smallest absolute Gasteiger partial charge is 0.125 e. The molecule has 0 bridgehead atoms. The fourth-order valence-electron chi connectivity index (χ4n) is 1.77. The summed E-state index contributed by atoms with van der Waals surface area (Å²) in [4.78, 5) is 0.497. The maximum atomic E-state index is 5.41. The number of alkyl halides is 1. The first-order valence-electron chi connectivity index (χ1n) is 6.23. The Labute approximate surface area is 119 Å². The standard InChI is InChI=1S/C15H23BrO2/c1-15(2,3)14(16)9-7-11-6-8-12(17-4)10-13(11)18-5/h6,8,10,14H,7,9H2,1-5H3. The minimum atomic E-state index is 0.277. The average molecular weight is 315 g/mol. The minimum absolute atomic E-state index is 0.277. The van der Waals surface area contributed by atoms with E-state index >= 15 is 0 Å². The van der Waals surface area contributed by atoms with Crippen molar-refractivity contribution < 1.29 is 9.47 Å². The minimum Gasteiger partial charge on any atom is -0.497 e. The zero-order valence-corrected chi connectivity index (χ0v) is 13.5. The van der Waals surface area contributed by atoms with Crippen LogP contribution >= 0.6 is 15.9 Å². The van der Waals surface area contributed by atoms with E-state index in [2.05, 4.69) is 42.8 Å². The quantitative estimate of drug-likeness (QED) is 0.748. The molecule has 0 aliphatic rings. The predicted molar refractivity (Wildman–Crippen MR) is 80.0 cm³/mol. The Morgan fingerprint density at radius 1 is 1.17 bits per heavy atom. The van der Waals surface area contributed by atoms with Gasteiger partial charge in [0, 0.05) is 10.9 Å². The van der Waals surface area contributed by atoms with Gasteiger partial charge in [-0.15, -0.1) is 0 Å². The van der Waals surface area contributed by atoms with E-state index in [1.54, 1.807) is 14.2 Å². The van der Waals surface area contributed by atoms with Crippen LogP contribution in [0.15, 0.2) is 18.2 Å². The number of ether oxygens (including phenoxy) is 2. The van der Waals surface area contributed by atoms with Crippen molar-refractivity contribution in [2.75, 3.05) is 14.2 Å². The van der Waals surface area contributed by atoms with E-state index in [1.807, 2.05) is 12.1 Å². The molecule has 0 aromatic heterocycles. The summed E-state index contributed by atoms with van der Waals surface area (Å²) >= 11 is 3.76. The highest BCUT2D eigenvalue weighted by Crippen LogP contribution is 2.32. The Balaban J connectivity index is 2.73. The number of benzene rings is 1. The Morgan fingerprint density at radius 2 is 1.83 bits per heavy atom. The molecule has 0 saturated heterocycles. The molecule has 1 aromatic rings. The summed E-state index contributed by atoms with van der Waals surface area (Å²) in [6, 6.07) is 6.01. The third-order valence-electron chi connectivity index (χ3n) is 3.10. The second-order valence-corrected chi connectivity index (χ2v) is 6.66. The Bertz CT molecular complexity index is 383. The number of aryl methyl sites for hydroxylation is 1. The summed E-state index contributed by atoms with van der Waals surface area (Å²) in [6.07, 6.45) is 2.09. The molecule has 0 N–H and O–H groups in total. The van der Waals surface area contributed by atoms with Gasteiger partial charge in [-0.25, -0.2) is 0 Å². The zero-order chi connectivity index (χ0) is 13.8. The number of hydrogen-bond donors (Lipinski definition) is 0. The van der Waals surface area contributed by atoms with Crippen molar-refractivity contribution in [3.05, 3.63) is 23.8 Å². The van der Waals surface area contributed by atoms with Crippen molar-refractivity contribution in [3.63, 3.8) is 0 Å². The van der Waals surface area contributed by atoms with Gasteiger partial charge in [-0.1, -0.05) is 42.8 Å². The van der Waals surface area contributed by atoms with Crippen LogP contribution in [0.5, 0.6) is 11.5 Å². The molecule has 0 aliphatic carbocycles. The molecule has 2 nitrogen and oxygen atoms in total. The van der Waals surface area contributed by atoms with Crippen molar-refractivity contribution in [1.82, 2.24) is 0 Å². The van der Waals surface area contributed by atoms with Crippen LogP contribution in [0.2, 0.25) is 0 Å². The SMILES string of the molecule is COc1ccc(CCC(Br)C(C)(C)C)c(OC)c1. The average Bonchev–Trinajstić information content (AvgIpc) is 2.34. The summed E-state index contributed by atoms with van der Waals surface area (Å²) in [5, 5.41) is 0. The van der Waals surface area contributed by atoms with Crippen LogP contribution in [0, 0.1) is 5.41 Å². The third-order valence-corrected chi connectivity index (χ3v) is 4.93. The van der Waals surface area contributed by atoms with Gasteiger partial charge in [0.05, 0.1) is 14.2 Å². The molecule has 1 rings (SSSR count). The van der Waals surface area contributed by atoms with E-state index in [9.17, 15) is 0 Å². The van der Waals surface area contributed by atoms with Gasteiger partial charge >= 0.3 is 0 Å². The molecule has 0 saturated carbocycles. The van der Waals surface area contributed by atoms with Crippen molar-refractivity contribution in [3.8, 4) is 11.5 Å². The van der Waals surface area contributed by atoms with Crippen LogP contribution < -0.4 is 9.47 Å². The van der Waals surface area contributed by atoms with Crippen molar-refractivity contribution >= 4 is 15.9 Å². The molecule has 0 amide bonds. The summed E-state index contributed by atoms with van der Waals surface area (Å²) in [5.74, 6) is 1.74. The van der Waals surface area contributed by atoms with Crippen LogP contribution in [-0.2, 0) is 6.42 Å². The first-order chi connectivity index (χ1) is 8.38. The highest BCUT2D eigenvalue weighted by Gasteiger charge is 2.21. The Morgan fingerprint density at radius 3 is 2.33 bits per heavy atom.